The summed E-state index contributed by atoms with van der Waals surface area (Å²) in [7, 11) is -2.72. The van der Waals surface area contributed by atoms with Gasteiger partial charge in [-0.05, 0) is 71.2 Å². The predicted molar refractivity (Wildman–Crippen MR) is 146 cm³/mol. The Balaban J connectivity index is 2.07. The molecule has 0 bridgehead atoms. The quantitative estimate of drug-likeness (QED) is 0.185. The average Bonchev–Trinajstić information content (AvgIpc) is 2.82. The van der Waals surface area contributed by atoms with Crippen molar-refractivity contribution in [1.29, 1.82) is 0 Å². The fraction of sp³-hybridized carbons (Fsp3) is 0.500. The van der Waals surface area contributed by atoms with Gasteiger partial charge in [-0.2, -0.15) is 0 Å². The molecule has 0 aliphatic heterocycles. The minimum atomic E-state index is -3.96. The Kier molecular flexibility index (Phi) is 11.5. The molecule has 2 rings (SSSR count). The van der Waals surface area contributed by atoms with E-state index >= 15 is 0 Å². The van der Waals surface area contributed by atoms with Gasteiger partial charge >= 0.3 is 19.9 Å². The third kappa shape index (κ3) is 12.2. The number of benzene rings is 2. The van der Waals surface area contributed by atoms with E-state index < -0.39 is 43.9 Å². The van der Waals surface area contributed by atoms with Crippen molar-refractivity contribution in [2.75, 3.05) is 13.9 Å². The molecule has 0 unspecified atom stereocenters. The van der Waals surface area contributed by atoms with E-state index in [1.54, 1.807) is 59.7 Å². The van der Waals surface area contributed by atoms with E-state index in [-0.39, 0.29) is 13.0 Å². The molecule has 2 aromatic rings. The number of carbonyl (C=O) groups is 2. The zero-order valence-electron chi connectivity index (χ0n) is 23.9. The third-order valence-corrected chi connectivity index (χ3v) is 6.84. The summed E-state index contributed by atoms with van der Waals surface area (Å²) in [6.45, 7) is 11.9. The molecule has 1 N–H and O–H groups in total. The minimum absolute atomic E-state index is 0.0603. The first kappa shape index (κ1) is 32.3. The molecular formula is C28H40NO9P. The minimum Gasteiger partial charge on any atom is -0.467 e. The maximum Gasteiger partial charge on any atom is 0.478 e. The number of amides is 1. The normalized spacial score (nSPS) is 12.9. The number of carbonyl (C=O) groups excluding carboxylic acids is 2. The summed E-state index contributed by atoms with van der Waals surface area (Å²) in [5, 5.41) is 2.56. The molecule has 2 aromatic carbocycles. The van der Waals surface area contributed by atoms with Crippen LogP contribution in [0.15, 0.2) is 48.5 Å². The van der Waals surface area contributed by atoms with Gasteiger partial charge in [-0.15, -0.1) is 0 Å². The van der Waals surface area contributed by atoms with Gasteiger partial charge in [-0.25, -0.2) is 18.7 Å². The van der Waals surface area contributed by atoms with Gasteiger partial charge in [0.2, 0.25) is 0 Å². The molecule has 0 aromatic heterocycles. The molecule has 216 valence electrons. The SMILES string of the molecule is COC(=O)[C@H](Cc1ccc(C)c(OCOP(=O)(OC(C)(C)C)OC(C)(C)C)c1)NC(=O)OCc1ccccc1. The van der Waals surface area contributed by atoms with Crippen molar-refractivity contribution in [3.63, 3.8) is 0 Å². The van der Waals surface area contributed by atoms with Crippen LogP contribution in [0.1, 0.15) is 58.2 Å². The molecule has 0 spiro atoms. The molecule has 0 aliphatic carbocycles. The average molecular weight is 566 g/mol. The van der Waals surface area contributed by atoms with Crippen molar-refractivity contribution in [2.45, 2.75) is 78.7 Å². The van der Waals surface area contributed by atoms with Gasteiger partial charge in [-0.3, -0.25) is 9.05 Å². The van der Waals surface area contributed by atoms with Crippen LogP contribution in [0, 0.1) is 6.92 Å². The number of nitrogens with one attached hydrogen (secondary N) is 1. The Hall–Kier alpha value is -2.91. The highest BCUT2D eigenvalue weighted by molar-refractivity contribution is 7.48. The van der Waals surface area contributed by atoms with Crippen molar-refractivity contribution < 1.29 is 41.9 Å². The number of rotatable bonds is 12. The zero-order chi connectivity index (χ0) is 29.3. The molecule has 0 saturated heterocycles. The predicted octanol–water partition coefficient (Wildman–Crippen LogP) is 6.10. The lowest BCUT2D eigenvalue weighted by atomic mass is 10.0. The summed E-state index contributed by atoms with van der Waals surface area (Å²) in [5.41, 5.74) is 0.698. The first-order chi connectivity index (χ1) is 18.1. The summed E-state index contributed by atoms with van der Waals surface area (Å²) in [6, 6.07) is 13.5. The monoisotopic (exact) mass is 565 g/mol. The van der Waals surface area contributed by atoms with E-state index in [0.29, 0.717) is 11.3 Å². The topological polar surface area (TPSA) is 119 Å². The molecule has 10 nitrogen and oxygen atoms in total. The Morgan fingerprint density at radius 2 is 1.54 bits per heavy atom. The number of aryl methyl sites for hydroxylation is 1. The van der Waals surface area contributed by atoms with Gasteiger partial charge in [0.05, 0.1) is 18.3 Å². The Bertz CT molecular complexity index is 1120. The standard InChI is InChI=1S/C28H40NO9P/c1-20-14-15-22(16-23(25(30)33-8)29-26(31)34-18-21-12-10-9-11-13-21)17-24(20)35-19-36-39(32,37-27(2,3)4)38-28(5,6)7/h9-15,17,23H,16,18-19H2,1-8H3,(H,29,31)/t23-/m0/s1. The highest BCUT2D eigenvalue weighted by Gasteiger charge is 2.37. The van der Waals surface area contributed by atoms with Crippen LogP contribution in [0.3, 0.4) is 0 Å². The summed E-state index contributed by atoms with van der Waals surface area (Å²) in [5.74, 6) is -0.196. The van der Waals surface area contributed by atoms with E-state index in [1.165, 1.54) is 7.11 Å². The number of hydrogen-bond donors (Lipinski definition) is 1. The smallest absolute Gasteiger partial charge is 0.467 e. The fourth-order valence-electron chi connectivity index (χ4n) is 3.30. The Morgan fingerprint density at radius 3 is 2.10 bits per heavy atom. The van der Waals surface area contributed by atoms with Gasteiger partial charge in [0.1, 0.15) is 18.4 Å². The van der Waals surface area contributed by atoms with Crippen molar-refractivity contribution in [1.82, 2.24) is 5.32 Å². The third-order valence-electron chi connectivity index (χ3n) is 4.88. The first-order valence-corrected chi connectivity index (χ1v) is 14.0. The molecule has 0 radical (unpaired) electrons. The number of ether oxygens (including phenoxy) is 3. The summed E-state index contributed by atoms with van der Waals surface area (Å²) in [4.78, 5) is 24.7. The van der Waals surface area contributed by atoms with Crippen LogP contribution < -0.4 is 10.1 Å². The van der Waals surface area contributed by atoms with Crippen LogP contribution in [0.4, 0.5) is 4.79 Å². The van der Waals surface area contributed by atoms with E-state index in [1.807, 2.05) is 37.3 Å². The van der Waals surface area contributed by atoms with Crippen LogP contribution in [0.2, 0.25) is 0 Å². The molecule has 1 atom stereocenters. The first-order valence-electron chi connectivity index (χ1n) is 12.5. The summed E-state index contributed by atoms with van der Waals surface area (Å²) in [6.07, 6.45) is -0.636. The summed E-state index contributed by atoms with van der Waals surface area (Å²) >= 11 is 0. The number of phosphoric acid groups is 1. The van der Waals surface area contributed by atoms with Crippen LogP contribution in [-0.4, -0.2) is 43.2 Å². The van der Waals surface area contributed by atoms with Crippen molar-refractivity contribution in [2.24, 2.45) is 0 Å². The number of esters is 1. The van der Waals surface area contributed by atoms with Gasteiger partial charge in [0.25, 0.3) is 0 Å². The lowest BCUT2D eigenvalue weighted by molar-refractivity contribution is -0.143. The Morgan fingerprint density at radius 1 is 0.923 bits per heavy atom. The highest BCUT2D eigenvalue weighted by Crippen LogP contribution is 2.55. The lowest BCUT2D eigenvalue weighted by Crippen LogP contribution is -2.43. The maximum absolute atomic E-state index is 13.2. The Labute approximate surface area is 230 Å². The second kappa shape index (κ2) is 13.9. The van der Waals surface area contributed by atoms with E-state index in [2.05, 4.69) is 5.32 Å². The van der Waals surface area contributed by atoms with Crippen molar-refractivity contribution in [3.8, 4) is 5.75 Å². The molecule has 0 saturated carbocycles. The van der Waals surface area contributed by atoms with Gasteiger partial charge in [0.15, 0.2) is 6.79 Å². The van der Waals surface area contributed by atoms with E-state index in [0.717, 1.165) is 11.1 Å². The van der Waals surface area contributed by atoms with E-state index in [4.69, 9.17) is 27.8 Å². The number of methoxy groups -OCH3 is 1. The largest absolute Gasteiger partial charge is 0.478 e. The molecule has 39 heavy (non-hydrogen) atoms. The molecule has 0 fully saturated rings. The lowest BCUT2D eigenvalue weighted by Gasteiger charge is -2.30. The molecule has 11 heteroatoms. The number of hydrogen-bond acceptors (Lipinski definition) is 9. The molecule has 0 aliphatic rings. The van der Waals surface area contributed by atoms with Gasteiger partial charge in [-0.1, -0.05) is 42.5 Å². The van der Waals surface area contributed by atoms with Crippen LogP contribution >= 0.6 is 7.82 Å². The second-order valence-corrected chi connectivity index (χ2v) is 12.3. The van der Waals surface area contributed by atoms with Crippen molar-refractivity contribution >= 4 is 19.9 Å². The van der Waals surface area contributed by atoms with Gasteiger partial charge < -0.3 is 19.5 Å². The van der Waals surface area contributed by atoms with Gasteiger partial charge in [0, 0.05) is 6.42 Å². The van der Waals surface area contributed by atoms with Crippen LogP contribution in [0.25, 0.3) is 0 Å². The van der Waals surface area contributed by atoms with Crippen molar-refractivity contribution in [3.05, 3.63) is 65.2 Å². The van der Waals surface area contributed by atoms with Crippen LogP contribution in [-0.2, 0) is 45.4 Å². The fourth-order valence-corrected chi connectivity index (χ4v) is 4.97. The molecule has 1 amide bonds. The molecule has 0 heterocycles. The maximum atomic E-state index is 13.2. The number of alkyl carbamates (subject to hydrolysis) is 1. The second-order valence-electron chi connectivity index (χ2n) is 10.8. The van der Waals surface area contributed by atoms with Crippen LogP contribution in [0.5, 0.6) is 5.75 Å². The van der Waals surface area contributed by atoms with E-state index in [9.17, 15) is 14.2 Å². The molecular weight excluding hydrogens is 525 g/mol. The summed E-state index contributed by atoms with van der Waals surface area (Å²) < 4.78 is 45.8. The zero-order valence-corrected chi connectivity index (χ0v) is 24.8. The number of phosphoric ester groups is 1. The highest BCUT2D eigenvalue weighted by atomic mass is 31.2.